The molecule has 30 heavy (non-hydrogen) atoms. The quantitative estimate of drug-likeness (QED) is 0.415. The summed E-state index contributed by atoms with van der Waals surface area (Å²) in [6.45, 7) is 5.58. The second-order valence-electron chi connectivity index (χ2n) is 7.19. The molecule has 6 heteroatoms. The number of carbonyl (C=O) groups excluding carboxylic acids is 2. The van der Waals surface area contributed by atoms with Crippen molar-refractivity contribution in [3.05, 3.63) is 88.7 Å². The predicted molar refractivity (Wildman–Crippen MR) is 118 cm³/mol. The van der Waals surface area contributed by atoms with Gasteiger partial charge < -0.3 is 9.30 Å². The molecular formula is C24H25NO4S. The molecule has 2 aromatic carbocycles. The lowest BCUT2D eigenvalue weighted by atomic mass is 10.1. The number of hydrogen-bond acceptors (Lipinski definition) is 4. The number of aromatic nitrogens is 1. The molecule has 0 unspecified atom stereocenters. The number of nitrogens with zero attached hydrogens (tertiary/aromatic N) is 1. The molecule has 3 aromatic rings. The summed E-state index contributed by atoms with van der Waals surface area (Å²) < 4.78 is 19.2. The summed E-state index contributed by atoms with van der Waals surface area (Å²) >= 11 is 0. The Morgan fingerprint density at radius 3 is 2.30 bits per heavy atom. The zero-order chi connectivity index (χ0) is 21.8. The molecular weight excluding hydrogens is 398 g/mol. The highest BCUT2D eigenvalue weighted by Gasteiger charge is 2.22. The van der Waals surface area contributed by atoms with Crippen LogP contribution in [-0.4, -0.2) is 33.4 Å². The van der Waals surface area contributed by atoms with Crippen LogP contribution >= 0.6 is 0 Å². The van der Waals surface area contributed by atoms with E-state index in [0.29, 0.717) is 10.5 Å². The molecule has 0 bridgehead atoms. The van der Waals surface area contributed by atoms with Crippen LogP contribution in [0, 0.1) is 13.8 Å². The molecule has 0 saturated carbocycles. The van der Waals surface area contributed by atoms with Crippen molar-refractivity contribution in [1.82, 2.24) is 4.57 Å². The van der Waals surface area contributed by atoms with Gasteiger partial charge in [0.15, 0.2) is 6.61 Å². The first kappa shape index (κ1) is 21.7. The third-order valence-corrected chi connectivity index (χ3v) is 6.18. The van der Waals surface area contributed by atoms with E-state index in [-0.39, 0.29) is 24.0 Å². The lowest BCUT2D eigenvalue weighted by Crippen LogP contribution is -2.17. The minimum atomic E-state index is -1.33. The molecule has 0 radical (unpaired) electrons. The maximum Gasteiger partial charge on any atom is 0.339 e. The van der Waals surface area contributed by atoms with Gasteiger partial charge in [-0.2, -0.15) is 0 Å². The molecule has 0 saturated heterocycles. The number of esters is 1. The highest BCUT2D eigenvalue weighted by Crippen LogP contribution is 2.26. The van der Waals surface area contributed by atoms with Crippen molar-refractivity contribution in [2.24, 2.45) is 0 Å². The Morgan fingerprint density at radius 1 is 1.00 bits per heavy atom. The summed E-state index contributed by atoms with van der Waals surface area (Å²) in [5.74, 6) is -0.918. The molecule has 5 nitrogen and oxygen atoms in total. The van der Waals surface area contributed by atoms with Crippen LogP contribution in [0.15, 0.2) is 65.6 Å². The molecule has 0 aliphatic rings. The molecule has 1 aromatic heterocycles. The van der Waals surface area contributed by atoms with Gasteiger partial charge in [0.05, 0.1) is 27.3 Å². The highest BCUT2D eigenvalue weighted by atomic mass is 32.2. The standard InChI is InChI=1S/C24H25NO4S/c1-16-14-21(18(3)25(16)17(2)19-10-6-5-7-11-19)22(26)15-29-24(27)20-12-8-9-13-23(20)30(4)28/h5-14,17H,15H2,1-4H3/t17-,30-/m1/s1. The average Bonchev–Trinajstić information content (AvgIpc) is 3.05. The zero-order valence-electron chi connectivity index (χ0n) is 17.5. The number of hydrogen-bond donors (Lipinski definition) is 0. The van der Waals surface area contributed by atoms with E-state index in [4.69, 9.17) is 4.74 Å². The number of Topliss-reactive ketones (excluding diaryl/α,β-unsaturated/α-hetero) is 1. The van der Waals surface area contributed by atoms with Crippen LogP contribution in [-0.2, 0) is 15.5 Å². The van der Waals surface area contributed by atoms with Crippen LogP contribution in [0.2, 0.25) is 0 Å². The Morgan fingerprint density at radius 2 is 1.63 bits per heavy atom. The van der Waals surface area contributed by atoms with Crippen LogP contribution in [0.5, 0.6) is 0 Å². The first-order valence-corrected chi connectivity index (χ1v) is 11.2. The lowest BCUT2D eigenvalue weighted by Gasteiger charge is -2.19. The van der Waals surface area contributed by atoms with E-state index in [0.717, 1.165) is 17.0 Å². The van der Waals surface area contributed by atoms with Gasteiger partial charge in [0.25, 0.3) is 0 Å². The SMILES string of the molecule is Cc1cc(C(=O)COC(=O)c2ccccc2[S@@](C)=O)c(C)n1[C@H](C)c1ccccc1. The first-order valence-electron chi connectivity index (χ1n) is 9.67. The summed E-state index contributed by atoms with van der Waals surface area (Å²) in [6, 6.07) is 18.5. The Kier molecular flexibility index (Phi) is 6.67. The van der Waals surface area contributed by atoms with Crippen molar-refractivity contribution in [2.45, 2.75) is 31.7 Å². The number of aryl methyl sites for hydroxylation is 1. The molecule has 0 fully saturated rings. The minimum Gasteiger partial charge on any atom is -0.454 e. The summed E-state index contributed by atoms with van der Waals surface area (Å²) in [4.78, 5) is 25.6. The van der Waals surface area contributed by atoms with Gasteiger partial charge in [-0.05, 0) is 44.5 Å². The average molecular weight is 424 g/mol. The molecule has 0 N–H and O–H groups in total. The lowest BCUT2D eigenvalue weighted by molar-refractivity contribution is 0.0471. The van der Waals surface area contributed by atoms with Crippen molar-refractivity contribution in [2.75, 3.05) is 12.9 Å². The van der Waals surface area contributed by atoms with E-state index in [1.807, 2.05) is 38.1 Å². The maximum atomic E-state index is 12.8. The van der Waals surface area contributed by atoms with Crippen LogP contribution in [0.1, 0.15) is 50.6 Å². The molecule has 0 amide bonds. The molecule has 3 rings (SSSR count). The van der Waals surface area contributed by atoms with Crippen molar-refractivity contribution >= 4 is 22.6 Å². The third kappa shape index (κ3) is 4.44. The predicted octanol–water partition coefficient (Wildman–Crippen LogP) is 4.49. The van der Waals surface area contributed by atoms with Crippen molar-refractivity contribution < 1.29 is 18.5 Å². The fraction of sp³-hybridized carbons (Fsp3) is 0.250. The van der Waals surface area contributed by atoms with Gasteiger partial charge in [-0.1, -0.05) is 42.5 Å². The van der Waals surface area contributed by atoms with Gasteiger partial charge in [-0.25, -0.2) is 4.79 Å². The second-order valence-corrected chi connectivity index (χ2v) is 8.54. The molecule has 0 aliphatic heterocycles. The van der Waals surface area contributed by atoms with Gasteiger partial charge in [-0.15, -0.1) is 0 Å². The molecule has 156 valence electrons. The number of ether oxygens (including phenoxy) is 1. The van der Waals surface area contributed by atoms with Crippen molar-refractivity contribution in [3.63, 3.8) is 0 Å². The molecule has 2 atom stereocenters. The fourth-order valence-electron chi connectivity index (χ4n) is 3.71. The Hall–Kier alpha value is -2.99. The van der Waals surface area contributed by atoms with Crippen LogP contribution < -0.4 is 0 Å². The van der Waals surface area contributed by atoms with Crippen LogP contribution in [0.3, 0.4) is 0 Å². The van der Waals surface area contributed by atoms with Crippen LogP contribution in [0.25, 0.3) is 0 Å². The Labute approximate surface area is 179 Å². The molecule has 1 heterocycles. The van der Waals surface area contributed by atoms with Gasteiger partial charge in [0.2, 0.25) is 5.78 Å². The van der Waals surface area contributed by atoms with E-state index in [1.165, 1.54) is 6.26 Å². The van der Waals surface area contributed by atoms with E-state index in [1.54, 1.807) is 24.3 Å². The number of ketones is 1. The van der Waals surface area contributed by atoms with Gasteiger partial charge >= 0.3 is 5.97 Å². The normalized spacial score (nSPS) is 12.9. The van der Waals surface area contributed by atoms with Gasteiger partial charge in [-0.3, -0.25) is 9.00 Å². The maximum absolute atomic E-state index is 12.8. The first-order chi connectivity index (χ1) is 14.3. The fourth-order valence-corrected chi connectivity index (χ4v) is 4.44. The second kappa shape index (κ2) is 9.22. The third-order valence-electron chi connectivity index (χ3n) is 5.21. The smallest absolute Gasteiger partial charge is 0.339 e. The molecule has 0 aliphatic carbocycles. The minimum absolute atomic E-state index is 0.0710. The summed E-state index contributed by atoms with van der Waals surface area (Å²) in [5.41, 5.74) is 3.70. The topological polar surface area (TPSA) is 65.4 Å². The Balaban J connectivity index is 1.77. The number of rotatable bonds is 7. The number of carbonyl (C=O) groups is 2. The largest absolute Gasteiger partial charge is 0.454 e. The van der Waals surface area contributed by atoms with E-state index < -0.39 is 16.8 Å². The zero-order valence-corrected chi connectivity index (χ0v) is 18.4. The molecule has 0 spiro atoms. The van der Waals surface area contributed by atoms with Gasteiger partial charge in [0.1, 0.15) is 0 Å². The monoisotopic (exact) mass is 423 g/mol. The van der Waals surface area contributed by atoms with Crippen molar-refractivity contribution in [1.29, 1.82) is 0 Å². The highest BCUT2D eigenvalue weighted by molar-refractivity contribution is 7.84. The van der Waals surface area contributed by atoms with Crippen molar-refractivity contribution in [3.8, 4) is 0 Å². The Bertz CT molecular complexity index is 1100. The van der Waals surface area contributed by atoms with E-state index in [2.05, 4.69) is 23.6 Å². The van der Waals surface area contributed by atoms with Crippen LogP contribution in [0.4, 0.5) is 0 Å². The summed E-state index contributed by atoms with van der Waals surface area (Å²) in [6.07, 6.45) is 1.50. The number of benzene rings is 2. The van der Waals surface area contributed by atoms with E-state index >= 15 is 0 Å². The summed E-state index contributed by atoms with van der Waals surface area (Å²) in [7, 11) is -1.33. The van der Waals surface area contributed by atoms with E-state index in [9.17, 15) is 13.8 Å². The van der Waals surface area contributed by atoms with Gasteiger partial charge in [0, 0.05) is 23.2 Å². The summed E-state index contributed by atoms with van der Waals surface area (Å²) in [5, 5.41) is 0.